The second-order valence-corrected chi connectivity index (χ2v) is 6.89. The lowest BCUT2D eigenvalue weighted by Gasteiger charge is -2.20. The number of halogens is 4. The average molecular weight is 356 g/mol. The molecule has 25 heavy (non-hydrogen) atoms. The molecular weight excluding hydrogens is 331 g/mol. The minimum Gasteiger partial charge on any atom is -0.418 e. The smallest absolute Gasteiger partial charge is 0.418 e. The van der Waals surface area contributed by atoms with Crippen molar-refractivity contribution >= 4 is 13.1 Å². The highest BCUT2D eigenvalue weighted by Gasteiger charge is 2.27. The molecule has 2 aliphatic rings. The van der Waals surface area contributed by atoms with Gasteiger partial charge in [-0.25, -0.2) is 0 Å². The molecule has 0 bridgehead atoms. The molecule has 2 nitrogen and oxygen atoms in total. The number of aryl methyl sites for hydroxylation is 3. The van der Waals surface area contributed by atoms with Crippen LogP contribution in [-0.4, -0.2) is 13.1 Å². The van der Waals surface area contributed by atoms with Crippen molar-refractivity contribution in [3.05, 3.63) is 46.3 Å². The van der Waals surface area contributed by atoms with E-state index in [1.807, 2.05) is 0 Å². The van der Waals surface area contributed by atoms with Crippen molar-refractivity contribution in [2.75, 3.05) is 0 Å². The Hall–Kier alpha value is -1.63. The fourth-order valence-corrected chi connectivity index (χ4v) is 3.76. The Morgan fingerprint density at radius 2 is 1.48 bits per heavy atom. The lowest BCUT2D eigenvalue weighted by molar-refractivity contribution is -0.487. The summed E-state index contributed by atoms with van der Waals surface area (Å²) in [7, 11) is -6.00. The average Bonchev–Trinajstić information content (AvgIpc) is 2.95. The first-order chi connectivity index (χ1) is 11.6. The fourth-order valence-electron chi connectivity index (χ4n) is 3.76. The highest BCUT2D eigenvalue weighted by atomic mass is 19.5. The summed E-state index contributed by atoms with van der Waals surface area (Å²) < 4.78 is 39.0. The van der Waals surface area contributed by atoms with Gasteiger partial charge in [0.2, 0.25) is 5.84 Å². The summed E-state index contributed by atoms with van der Waals surface area (Å²) in [5, 5.41) is 2.33. The highest BCUT2D eigenvalue weighted by Crippen LogP contribution is 2.28. The predicted molar refractivity (Wildman–Crippen MR) is 94.0 cm³/mol. The number of hydrogen-bond donors (Lipinski definition) is 1. The summed E-state index contributed by atoms with van der Waals surface area (Å²) in [4.78, 5) is 4.71. The normalized spacial score (nSPS) is 18.4. The SMILES string of the molecule is Cc1cc(C)c(C2=NC=C(C3CCCCC3)[NH2+]2)c(C)c1.F[B-](F)(F)F. The van der Waals surface area contributed by atoms with Gasteiger partial charge < -0.3 is 17.3 Å². The highest BCUT2D eigenvalue weighted by molar-refractivity contribution is 6.50. The molecule has 0 atom stereocenters. The van der Waals surface area contributed by atoms with Gasteiger partial charge in [-0.15, -0.1) is 0 Å². The van der Waals surface area contributed by atoms with E-state index in [9.17, 15) is 17.3 Å². The first kappa shape index (κ1) is 19.7. The molecule has 0 amide bonds. The summed E-state index contributed by atoms with van der Waals surface area (Å²) in [5.74, 6) is 1.91. The molecule has 1 aliphatic carbocycles. The van der Waals surface area contributed by atoms with Crippen LogP contribution in [0, 0.1) is 26.7 Å². The van der Waals surface area contributed by atoms with Crippen molar-refractivity contribution in [3.63, 3.8) is 0 Å². The number of amidine groups is 1. The second kappa shape index (κ2) is 8.17. The van der Waals surface area contributed by atoms with Gasteiger partial charge in [-0.1, -0.05) is 37.0 Å². The van der Waals surface area contributed by atoms with E-state index >= 15 is 0 Å². The molecule has 0 unspecified atom stereocenters. The zero-order valence-corrected chi connectivity index (χ0v) is 15.0. The van der Waals surface area contributed by atoms with E-state index in [0.717, 1.165) is 5.92 Å². The zero-order valence-electron chi connectivity index (χ0n) is 15.0. The van der Waals surface area contributed by atoms with Crippen LogP contribution in [-0.2, 0) is 0 Å². The van der Waals surface area contributed by atoms with E-state index in [-0.39, 0.29) is 0 Å². The van der Waals surface area contributed by atoms with Crippen LogP contribution >= 0.6 is 0 Å². The number of quaternary nitrogens is 1. The molecule has 0 aromatic heterocycles. The van der Waals surface area contributed by atoms with Crippen LogP contribution < -0.4 is 5.32 Å². The Kier molecular flexibility index (Phi) is 6.44. The largest absolute Gasteiger partial charge is 0.673 e. The third-order valence-corrected chi connectivity index (χ3v) is 4.67. The van der Waals surface area contributed by atoms with Crippen LogP contribution in [0.1, 0.15) is 54.4 Å². The number of allylic oxidation sites excluding steroid dienone is 1. The molecule has 2 N–H and O–H groups in total. The quantitative estimate of drug-likeness (QED) is 0.590. The van der Waals surface area contributed by atoms with Gasteiger partial charge in [0.15, 0.2) is 0 Å². The maximum Gasteiger partial charge on any atom is 0.673 e. The van der Waals surface area contributed by atoms with E-state index in [0.29, 0.717) is 0 Å². The Bertz CT molecular complexity index is 645. The van der Waals surface area contributed by atoms with E-state index in [1.54, 1.807) is 0 Å². The molecule has 1 aromatic carbocycles. The minimum atomic E-state index is -6.00. The number of nitrogens with two attached hydrogens (primary N) is 1. The molecule has 0 radical (unpaired) electrons. The van der Waals surface area contributed by atoms with Gasteiger partial charge in [-0.05, 0) is 44.7 Å². The van der Waals surface area contributed by atoms with Gasteiger partial charge in [-0.2, -0.15) is 4.99 Å². The van der Waals surface area contributed by atoms with Crippen molar-refractivity contribution in [1.29, 1.82) is 0 Å². The molecule has 1 heterocycles. The van der Waals surface area contributed by atoms with Crippen molar-refractivity contribution < 1.29 is 22.6 Å². The van der Waals surface area contributed by atoms with E-state index in [1.165, 1.54) is 65.9 Å². The molecule has 1 aliphatic heterocycles. The Labute approximate surface area is 146 Å². The monoisotopic (exact) mass is 356 g/mol. The van der Waals surface area contributed by atoms with Gasteiger partial charge >= 0.3 is 7.25 Å². The van der Waals surface area contributed by atoms with Crippen LogP contribution in [0.3, 0.4) is 0 Å². The minimum absolute atomic E-state index is 0.746. The first-order valence-electron chi connectivity index (χ1n) is 8.73. The third-order valence-electron chi connectivity index (χ3n) is 4.67. The van der Waals surface area contributed by atoms with Crippen LogP contribution in [0.2, 0.25) is 0 Å². The molecular formula is C18H25BF4N2. The van der Waals surface area contributed by atoms with Gasteiger partial charge in [0.05, 0.1) is 11.8 Å². The van der Waals surface area contributed by atoms with Gasteiger partial charge in [0.1, 0.15) is 5.70 Å². The fraction of sp³-hybridized carbons (Fsp3) is 0.500. The maximum absolute atomic E-state index is 9.75. The molecule has 7 heteroatoms. The standard InChI is InChI=1S/C18H24N2.BF4/c1-12-9-13(2)17(14(3)10-12)18-19-11-16(20-18)15-7-5-4-6-8-15;2-1(3,4)5/h9-11,15H,4-8H2,1-3H3,(H,19,20);/q;-1/p+1. The van der Waals surface area contributed by atoms with Gasteiger partial charge in [0.25, 0.3) is 0 Å². The molecule has 0 saturated heterocycles. The summed E-state index contributed by atoms with van der Waals surface area (Å²) in [5.41, 5.74) is 6.81. The van der Waals surface area contributed by atoms with Gasteiger partial charge in [0, 0.05) is 5.92 Å². The predicted octanol–water partition coefficient (Wildman–Crippen LogP) is 4.66. The summed E-state index contributed by atoms with van der Waals surface area (Å²) in [6.07, 6.45) is 8.98. The Morgan fingerprint density at radius 3 is 2.00 bits per heavy atom. The summed E-state index contributed by atoms with van der Waals surface area (Å²) in [6.45, 7) is 6.56. The van der Waals surface area contributed by atoms with Crippen molar-refractivity contribution in [3.8, 4) is 0 Å². The van der Waals surface area contributed by atoms with Crippen LogP contribution in [0.5, 0.6) is 0 Å². The molecule has 138 valence electrons. The van der Waals surface area contributed by atoms with Crippen LogP contribution in [0.15, 0.2) is 29.0 Å². The van der Waals surface area contributed by atoms with Crippen LogP contribution in [0.25, 0.3) is 0 Å². The molecule has 3 rings (SSSR count). The topological polar surface area (TPSA) is 29.0 Å². The lowest BCUT2D eigenvalue weighted by atomic mass is 9.87. The zero-order chi connectivity index (χ0) is 18.6. The number of aliphatic imine (C=N–C) groups is 1. The summed E-state index contributed by atoms with van der Waals surface area (Å²) in [6, 6.07) is 4.52. The molecule has 1 aromatic rings. The molecule has 1 saturated carbocycles. The van der Waals surface area contributed by atoms with E-state index in [2.05, 4.69) is 44.4 Å². The maximum atomic E-state index is 9.75. The number of benzene rings is 1. The molecule has 0 spiro atoms. The van der Waals surface area contributed by atoms with Gasteiger partial charge in [-0.3, -0.25) is 5.32 Å². The lowest BCUT2D eigenvalue weighted by Crippen LogP contribution is -2.85. The number of rotatable bonds is 2. The van der Waals surface area contributed by atoms with E-state index < -0.39 is 7.25 Å². The van der Waals surface area contributed by atoms with E-state index in [4.69, 9.17) is 4.99 Å². The Morgan fingerprint density at radius 1 is 0.960 bits per heavy atom. The van der Waals surface area contributed by atoms with Crippen LogP contribution in [0.4, 0.5) is 17.3 Å². The number of nitrogens with zero attached hydrogens (tertiary/aromatic N) is 1. The summed E-state index contributed by atoms with van der Waals surface area (Å²) >= 11 is 0. The number of hydrogen-bond acceptors (Lipinski definition) is 1. The van der Waals surface area contributed by atoms with Crippen molar-refractivity contribution in [2.24, 2.45) is 10.9 Å². The van der Waals surface area contributed by atoms with Crippen molar-refractivity contribution in [1.82, 2.24) is 0 Å². The Balaban J connectivity index is 0.000000399. The first-order valence-corrected chi connectivity index (χ1v) is 8.73. The third kappa shape index (κ3) is 5.99. The second-order valence-electron chi connectivity index (χ2n) is 6.89. The van der Waals surface area contributed by atoms with Crippen molar-refractivity contribution in [2.45, 2.75) is 52.9 Å². The molecule has 1 fully saturated rings.